The second-order valence-corrected chi connectivity index (χ2v) is 10.4. The Labute approximate surface area is 225 Å². The van der Waals surface area contributed by atoms with Gasteiger partial charge in [0.1, 0.15) is 6.10 Å². The van der Waals surface area contributed by atoms with Gasteiger partial charge in [-0.3, -0.25) is 14.3 Å². The number of halogens is 1. The van der Waals surface area contributed by atoms with Crippen molar-refractivity contribution < 1.29 is 28.6 Å². The van der Waals surface area contributed by atoms with Crippen LogP contribution >= 0.6 is 0 Å². The number of aromatic nitrogens is 2. The van der Waals surface area contributed by atoms with Crippen LogP contribution in [0.1, 0.15) is 53.8 Å². The zero-order valence-corrected chi connectivity index (χ0v) is 21.5. The van der Waals surface area contributed by atoms with Crippen molar-refractivity contribution in [2.45, 2.75) is 50.2 Å². The molecule has 3 aliphatic rings. The molecule has 2 fully saturated rings. The molecule has 204 valence electrons. The third-order valence-electron chi connectivity index (χ3n) is 7.46. The molecule has 3 atom stereocenters. The van der Waals surface area contributed by atoms with Gasteiger partial charge >= 0.3 is 0 Å². The Balaban J connectivity index is 1.16. The molecule has 3 aromatic rings. The topological polar surface area (TPSA) is 106 Å². The van der Waals surface area contributed by atoms with Crippen LogP contribution < -0.4 is 14.8 Å². The van der Waals surface area contributed by atoms with Crippen LogP contribution in [0.25, 0.3) is 11.3 Å². The zero-order chi connectivity index (χ0) is 26.9. The second-order valence-electron chi connectivity index (χ2n) is 10.4. The minimum Gasteiger partial charge on any atom is -0.483 e. The van der Waals surface area contributed by atoms with Crippen LogP contribution in [-0.2, 0) is 4.79 Å². The van der Waals surface area contributed by atoms with Gasteiger partial charge in [-0.25, -0.2) is 0 Å². The molecule has 1 unspecified atom stereocenters. The zero-order valence-electron chi connectivity index (χ0n) is 21.5. The van der Waals surface area contributed by atoms with E-state index in [1.54, 1.807) is 36.4 Å². The largest absolute Gasteiger partial charge is 0.483 e. The quantitative estimate of drug-likeness (QED) is 0.320. The normalized spacial score (nSPS) is 20.4. The lowest BCUT2D eigenvalue weighted by atomic mass is 10.00. The number of ketones is 1. The minimum absolute atomic E-state index is 0.190. The summed E-state index contributed by atoms with van der Waals surface area (Å²) in [4.78, 5) is 28.3. The fourth-order valence-corrected chi connectivity index (χ4v) is 5.14. The van der Waals surface area contributed by atoms with Crippen molar-refractivity contribution >= 4 is 11.7 Å². The van der Waals surface area contributed by atoms with E-state index in [9.17, 15) is 19.1 Å². The molecule has 1 aromatic heterocycles. The van der Waals surface area contributed by atoms with Crippen molar-refractivity contribution in [1.82, 2.24) is 20.0 Å². The molecule has 2 N–H and O–H groups in total. The lowest BCUT2D eigenvalue weighted by Crippen LogP contribution is -2.48. The molecule has 1 saturated heterocycles. The maximum atomic E-state index is 13.7. The van der Waals surface area contributed by atoms with E-state index in [1.165, 1.54) is 6.07 Å². The number of likely N-dealkylation sites (tertiary alicyclic amines) is 1. The summed E-state index contributed by atoms with van der Waals surface area (Å²) in [6.45, 7) is 1.85. The number of carbonyl (C=O) groups is 2. The van der Waals surface area contributed by atoms with Gasteiger partial charge < -0.3 is 24.8 Å². The molecule has 39 heavy (non-hydrogen) atoms. The summed E-state index contributed by atoms with van der Waals surface area (Å²) in [6.07, 6.45) is 3.56. The van der Waals surface area contributed by atoms with E-state index >= 15 is 0 Å². The van der Waals surface area contributed by atoms with Gasteiger partial charge in [-0.2, -0.15) is 9.49 Å². The molecule has 10 heteroatoms. The summed E-state index contributed by atoms with van der Waals surface area (Å²) in [5, 5.41) is 18.6. The van der Waals surface area contributed by atoms with Gasteiger partial charge in [0.05, 0.1) is 17.8 Å². The number of rotatable bonds is 9. The molecule has 9 nitrogen and oxygen atoms in total. The van der Waals surface area contributed by atoms with Gasteiger partial charge in [0.15, 0.2) is 18.1 Å². The number of nitrogens with one attached hydrogen (secondary N) is 1. The highest BCUT2D eigenvalue weighted by Gasteiger charge is 2.31. The van der Waals surface area contributed by atoms with Gasteiger partial charge in [-0.1, -0.05) is 30.3 Å². The first kappa shape index (κ1) is 25.5. The number of fused-ring (bicyclic) bond motifs is 1. The van der Waals surface area contributed by atoms with Crippen LogP contribution in [0.4, 0.5) is 4.39 Å². The molecule has 0 radical (unpaired) electrons. The molecule has 0 bridgehead atoms. The molecule has 3 heterocycles. The van der Waals surface area contributed by atoms with Gasteiger partial charge in [-0.15, -0.1) is 0 Å². The number of nitrogens with zero attached hydrogens (tertiary/aromatic N) is 3. The molecule has 1 amide bonds. The number of benzene rings is 2. The van der Waals surface area contributed by atoms with Crippen LogP contribution in [0.2, 0.25) is 0 Å². The average Bonchev–Trinajstić information content (AvgIpc) is 3.45. The molecule has 1 aliphatic carbocycles. The summed E-state index contributed by atoms with van der Waals surface area (Å²) >= 11 is 0. The highest BCUT2D eigenvalue weighted by molar-refractivity contribution is 6.42. The summed E-state index contributed by atoms with van der Waals surface area (Å²) in [5.74, 6) is -0.913. The Hall–Kier alpha value is -3.76. The summed E-state index contributed by atoms with van der Waals surface area (Å²) in [6, 6.07) is 13.2. The second kappa shape index (κ2) is 10.8. The molecule has 2 aromatic carbocycles. The van der Waals surface area contributed by atoms with Crippen LogP contribution in [0, 0.1) is 0 Å². The summed E-state index contributed by atoms with van der Waals surface area (Å²) < 4.78 is 26.2. The van der Waals surface area contributed by atoms with E-state index in [1.807, 2.05) is 16.9 Å². The first-order valence-corrected chi connectivity index (χ1v) is 13.4. The molecular formula is C29H31FN4O5. The molecule has 0 spiro atoms. The smallest absolute Gasteiger partial charge is 0.292 e. The van der Waals surface area contributed by atoms with Crippen LogP contribution in [0.5, 0.6) is 11.5 Å². The molecule has 2 aliphatic heterocycles. The van der Waals surface area contributed by atoms with Crippen molar-refractivity contribution in [3.8, 4) is 22.8 Å². The Kier molecular flexibility index (Phi) is 7.05. The van der Waals surface area contributed by atoms with Crippen LogP contribution in [0.15, 0.2) is 54.7 Å². The van der Waals surface area contributed by atoms with E-state index < -0.39 is 30.2 Å². The predicted octanol–water partition coefficient (Wildman–Crippen LogP) is 3.45. The number of alkyl halides is 1. The first-order valence-electron chi connectivity index (χ1n) is 13.4. The third kappa shape index (κ3) is 5.67. The van der Waals surface area contributed by atoms with Crippen molar-refractivity contribution in [1.29, 1.82) is 0 Å². The van der Waals surface area contributed by atoms with Crippen molar-refractivity contribution in [3.63, 3.8) is 0 Å². The highest BCUT2D eigenvalue weighted by atomic mass is 19.1. The maximum absolute atomic E-state index is 13.7. The highest BCUT2D eigenvalue weighted by Crippen LogP contribution is 2.36. The van der Waals surface area contributed by atoms with Crippen LogP contribution in [0.3, 0.4) is 0 Å². The third-order valence-corrected chi connectivity index (χ3v) is 7.46. The Morgan fingerprint density at radius 3 is 2.59 bits per heavy atom. The average molecular weight is 535 g/mol. The lowest BCUT2D eigenvalue weighted by molar-refractivity contribution is -0.118. The predicted molar refractivity (Wildman–Crippen MR) is 140 cm³/mol. The monoisotopic (exact) mass is 534 g/mol. The van der Waals surface area contributed by atoms with Gasteiger partial charge in [-0.05, 0) is 62.5 Å². The van der Waals surface area contributed by atoms with Crippen molar-refractivity contribution in [2.75, 3.05) is 26.2 Å². The molecular weight excluding hydrogens is 503 g/mol. The standard InChI is InChI=1S/C29H31FN4O5/c30-26-17-38-24-10-7-20(15-25(24)39-26)27(35)23(16-33-12-1-2-13-33)31-29(37)28(36)19-5-3-18(4-6-19)22-11-14-34(32-22)21-8-9-21/h3-7,10-11,14-15,21,23,26-27,35H,1-2,8-9,12-13,16-17H2,(H,31,37)/t23-,26?,27-/m1/s1. The van der Waals surface area contributed by atoms with E-state index in [4.69, 9.17) is 9.47 Å². The van der Waals surface area contributed by atoms with Crippen molar-refractivity contribution in [3.05, 3.63) is 65.9 Å². The fraction of sp³-hybridized carbons (Fsp3) is 0.414. The number of hydrogen-bond donors (Lipinski definition) is 2. The van der Waals surface area contributed by atoms with Crippen LogP contribution in [-0.4, -0.2) is 70.1 Å². The number of aliphatic hydroxyl groups is 1. The summed E-state index contributed by atoms with van der Waals surface area (Å²) in [7, 11) is 0. The molecule has 1 saturated carbocycles. The number of Topliss-reactive ketones (excluding diaryl/α,β-unsaturated/α-hetero) is 1. The number of hydrogen-bond acceptors (Lipinski definition) is 7. The Morgan fingerprint density at radius 2 is 1.85 bits per heavy atom. The number of aliphatic hydroxyl groups excluding tert-OH is 1. The first-order chi connectivity index (χ1) is 18.9. The maximum Gasteiger partial charge on any atom is 0.292 e. The molecule has 6 rings (SSSR count). The van der Waals surface area contributed by atoms with E-state index in [2.05, 4.69) is 15.3 Å². The van der Waals surface area contributed by atoms with Gasteiger partial charge in [0.25, 0.3) is 12.3 Å². The van der Waals surface area contributed by atoms with E-state index in [0.29, 0.717) is 23.9 Å². The van der Waals surface area contributed by atoms with E-state index in [0.717, 1.165) is 50.0 Å². The lowest BCUT2D eigenvalue weighted by Gasteiger charge is -2.29. The number of amides is 1. The number of ether oxygens (including phenoxy) is 2. The summed E-state index contributed by atoms with van der Waals surface area (Å²) in [5.41, 5.74) is 2.36. The van der Waals surface area contributed by atoms with Gasteiger partial charge in [0.2, 0.25) is 5.78 Å². The van der Waals surface area contributed by atoms with Gasteiger partial charge in [0, 0.05) is 23.9 Å². The minimum atomic E-state index is -1.59. The SMILES string of the molecule is O=C(N[C@H](CN1CCCC1)[C@H](O)c1ccc2c(c1)OC(F)CO2)C(=O)c1ccc(-c2ccn(C3CC3)n2)cc1. The number of carbonyl (C=O) groups excluding carboxylic acids is 2. The van der Waals surface area contributed by atoms with Crippen molar-refractivity contribution in [2.24, 2.45) is 0 Å². The Bertz CT molecular complexity index is 1350. The fourth-order valence-electron chi connectivity index (χ4n) is 5.14. The Morgan fingerprint density at radius 1 is 1.08 bits per heavy atom. The van der Waals surface area contributed by atoms with E-state index in [-0.39, 0.29) is 17.9 Å².